The van der Waals surface area contributed by atoms with Crippen molar-refractivity contribution in [1.82, 2.24) is 5.32 Å². The number of sulfone groups is 1. The number of fused-ring (bicyclic) bond motifs is 1. The second kappa shape index (κ2) is 4.78. The Labute approximate surface area is 103 Å². The molecule has 1 aromatic rings. The van der Waals surface area contributed by atoms with E-state index in [1.807, 2.05) is 26.1 Å². The van der Waals surface area contributed by atoms with Gasteiger partial charge in [-0.2, -0.15) is 0 Å². The predicted octanol–water partition coefficient (Wildman–Crippen LogP) is 1.87. The number of hydrogen-bond donors (Lipinski definition) is 1. The molecule has 94 valence electrons. The highest BCUT2D eigenvalue weighted by atomic mass is 32.2. The molecule has 1 heterocycles. The standard InChI is InChI=1S/C13H19NO2S/c1-10-5-6-13-12(8-10)11(4-3-7-14-2)9-17(13,15)16/h5-6,8,11,14H,3-4,7,9H2,1-2H3. The van der Waals surface area contributed by atoms with E-state index in [1.165, 1.54) is 0 Å². The van der Waals surface area contributed by atoms with Gasteiger partial charge in [0, 0.05) is 0 Å². The van der Waals surface area contributed by atoms with Gasteiger partial charge in [0.05, 0.1) is 10.6 Å². The highest BCUT2D eigenvalue weighted by Gasteiger charge is 2.33. The summed E-state index contributed by atoms with van der Waals surface area (Å²) in [5.41, 5.74) is 2.17. The summed E-state index contributed by atoms with van der Waals surface area (Å²) >= 11 is 0. The lowest BCUT2D eigenvalue weighted by molar-refractivity contribution is 0.586. The Balaban J connectivity index is 2.26. The van der Waals surface area contributed by atoms with Crippen LogP contribution in [-0.4, -0.2) is 27.8 Å². The van der Waals surface area contributed by atoms with Crippen molar-refractivity contribution in [3.05, 3.63) is 29.3 Å². The minimum absolute atomic E-state index is 0.184. The molecule has 17 heavy (non-hydrogen) atoms. The SMILES string of the molecule is CNCCCC1CS(=O)(=O)c2ccc(C)cc21. The Morgan fingerprint density at radius 1 is 1.41 bits per heavy atom. The fraction of sp³-hybridized carbons (Fsp3) is 0.538. The first kappa shape index (κ1) is 12.6. The summed E-state index contributed by atoms with van der Waals surface area (Å²) in [5.74, 6) is 0.471. The van der Waals surface area contributed by atoms with Crippen LogP contribution >= 0.6 is 0 Å². The van der Waals surface area contributed by atoms with Crippen LogP contribution < -0.4 is 5.32 Å². The largest absolute Gasteiger partial charge is 0.320 e. The summed E-state index contributed by atoms with van der Waals surface area (Å²) in [6.45, 7) is 2.95. The van der Waals surface area contributed by atoms with Crippen LogP contribution in [0.1, 0.15) is 29.9 Å². The van der Waals surface area contributed by atoms with Gasteiger partial charge in [-0.3, -0.25) is 0 Å². The molecule has 1 aliphatic rings. The van der Waals surface area contributed by atoms with Crippen LogP contribution in [0.4, 0.5) is 0 Å². The molecule has 4 heteroatoms. The minimum atomic E-state index is -3.03. The molecule has 0 radical (unpaired) electrons. The van der Waals surface area contributed by atoms with E-state index in [9.17, 15) is 8.42 Å². The zero-order valence-electron chi connectivity index (χ0n) is 10.4. The quantitative estimate of drug-likeness (QED) is 0.833. The van der Waals surface area contributed by atoms with Crippen LogP contribution in [0.25, 0.3) is 0 Å². The zero-order chi connectivity index (χ0) is 12.5. The van der Waals surface area contributed by atoms with E-state index in [-0.39, 0.29) is 11.7 Å². The van der Waals surface area contributed by atoms with Crippen molar-refractivity contribution >= 4 is 9.84 Å². The van der Waals surface area contributed by atoms with Crippen LogP contribution in [0.15, 0.2) is 23.1 Å². The van der Waals surface area contributed by atoms with Crippen molar-refractivity contribution in [1.29, 1.82) is 0 Å². The lowest BCUT2D eigenvalue weighted by Crippen LogP contribution is -2.10. The van der Waals surface area contributed by atoms with Gasteiger partial charge in [0.1, 0.15) is 0 Å². The van der Waals surface area contributed by atoms with Crippen molar-refractivity contribution < 1.29 is 8.42 Å². The normalized spacial score (nSPS) is 21.4. The number of hydrogen-bond acceptors (Lipinski definition) is 3. The van der Waals surface area contributed by atoms with E-state index in [2.05, 4.69) is 5.32 Å². The number of aryl methyl sites for hydroxylation is 1. The highest BCUT2D eigenvalue weighted by molar-refractivity contribution is 7.91. The second-order valence-corrected chi connectivity index (χ2v) is 6.77. The first-order chi connectivity index (χ1) is 8.04. The molecule has 0 bridgehead atoms. The molecule has 2 rings (SSSR count). The second-order valence-electron chi connectivity index (χ2n) is 4.77. The summed E-state index contributed by atoms with van der Waals surface area (Å²) < 4.78 is 24.0. The monoisotopic (exact) mass is 253 g/mol. The number of benzene rings is 1. The van der Waals surface area contributed by atoms with E-state index in [0.717, 1.165) is 30.5 Å². The van der Waals surface area contributed by atoms with E-state index < -0.39 is 9.84 Å². The topological polar surface area (TPSA) is 46.2 Å². The molecular formula is C13H19NO2S. The molecule has 0 spiro atoms. The minimum Gasteiger partial charge on any atom is -0.320 e. The Bertz CT molecular complexity index is 508. The molecule has 1 N–H and O–H groups in total. The Morgan fingerprint density at radius 3 is 2.88 bits per heavy atom. The third-order valence-corrected chi connectivity index (χ3v) is 5.22. The van der Waals surface area contributed by atoms with Gasteiger partial charge in [-0.1, -0.05) is 17.7 Å². The lowest BCUT2D eigenvalue weighted by atomic mass is 9.95. The fourth-order valence-corrected chi connectivity index (χ4v) is 4.39. The van der Waals surface area contributed by atoms with Crippen LogP contribution in [0.2, 0.25) is 0 Å². The fourth-order valence-electron chi connectivity index (χ4n) is 2.48. The molecule has 0 saturated carbocycles. The van der Waals surface area contributed by atoms with Crippen LogP contribution in [0.3, 0.4) is 0 Å². The van der Waals surface area contributed by atoms with E-state index in [0.29, 0.717) is 4.90 Å². The van der Waals surface area contributed by atoms with Crippen molar-refractivity contribution in [2.45, 2.75) is 30.6 Å². The summed E-state index contributed by atoms with van der Waals surface area (Å²) in [4.78, 5) is 0.553. The molecule has 3 nitrogen and oxygen atoms in total. The third kappa shape index (κ3) is 2.53. The van der Waals surface area contributed by atoms with Gasteiger partial charge in [-0.05, 0) is 50.9 Å². The maximum Gasteiger partial charge on any atom is 0.179 e. The maximum absolute atomic E-state index is 12.0. The molecule has 0 aliphatic carbocycles. The summed E-state index contributed by atoms with van der Waals surface area (Å²) in [5, 5.41) is 3.10. The Hall–Kier alpha value is -0.870. The Morgan fingerprint density at radius 2 is 2.18 bits per heavy atom. The lowest BCUT2D eigenvalue weighted by Gasteiger charge is -2.09. The van der Waals surface area contributed by atoms with Gasteiger partial charge >= 0.3 is 0 Å². The van der Waals surface area contributed by atoms with Gasteiger partial charge in [-0.15, -0.1) is 0 Å². The van der Waals surface area contributed by atoms with Crippen LogP contribution in [0, 0.1) is 6.92 Å². The van der Waals surface area contributed by atoms with E-state index in [4.69, 9.17) is 0 Å². The van der Waals surface area contributed by atoms with Gasteiger partial charge in [-0.25, -0.2) is 8.42 Å². The van der Waals surface area contributed by atoms with E-state index >= 15 is 0 Å². The van der Waals surface area contributed by atoms with Crippen LogP contribution in [0.5, 0.6) is 0 Å². The summed E-state index contributed by atoms with van der Waals surface area (Å²) in [6.07, 6.45) is 1.96. The van der Waals surface area contributed by atoms with Gasteiger partial charge < -0.3 is 5.32 Å². The van der Waals surface area contributed by atoms with Crippen molar-refractivity contribution in [2.75, 3.05) is 19.3 Å². The van der Waals surface area contributed by atoms with Gasteiger partial charge in [0.2, 0.25) is 0 Å². The van der Waals surface area contributed by atoms with Crippen molar-refractivity contribution in [3.63, 3.8) is 0 Å². The van der Waals surface area contributed by atoms with Crippen LogP contribution in [-0.2, 0) is 9.84 Å². The molecule has 1 atom stereocenters. The Kier molecular flexibility index (Phi) is 3.54. The predicted molar refractivity (Wildman–Crippen MR) is 69.1 cm³/mol. The summed E-state index contributed by atoms with van der Waals surface area (Å²) in [7, 11) is -1.11. The van der Waals surface area contributed by atoms with Gasteiger partial charge in [0.15, 0.2) is 9.84 Å². The molecular weight excluding hydrogens is 234 g/mol. The average molecular weight is 253 g/mol. The molecule has 0 fully saturated rings. The molecule has 1 aliphatic heterocycles. The van der Waals surface area contributed by atoms with Gasteiger partial charge in [0.25, 0.3) is 0 Å². The van der Waals surface area contributed by atoms with Crippen molar-refractivity contribution in [3.8, 4) is 0 Å². The molecule has 0 aromatic heterocycles. The average Bonchev–Trinajstić information content (AvgIpc) is 2.51. The maximum atomic E-state index is 12.0. The number of nitrogens with one attached hydrogen (secondary N) is 1. The molecule has 0 saturated heterocycles. The first-order valence-corrected chi connectivity index (χ1v) is 7.68. The molecule has 1 aromatic carbocycles. The molecule has 0 amide bonds. The number of rotatable bonds is 4. The van der Waals surface area contributed by atoms with E-state index in [1.54, 1.807) is 6.07 Å². The zero-order valence-corrected chi connectivity index (χ0v) is 11.2. The summed E-state index contributed by atoms with van der Waals surface area (Å²) in [6, 6.07) is 5.67. The third-order valence-electron chi connectivity index (χ3n) is 3.34. The van der Waals surface area contributed by atoms with Crippen molar-refractivity contribution in [2.24, 2.45) is 0 Å². The first-order valence-electron chi connectivity index (χ1n) is 6.02. The molecule has 1 unspecified atom stereocenters. The highest BCUT2D eigenvalue weighted by Crippen LogP contribution is 2.37. The smallest absolute Gasteiger partial charge is 0.179 e.